The van der Waals surface area contributed by atoms with E-state index in [-0.39, 0.29) is 11.9 Å². The summed E-state index contributed by atoms with van der Waals surface area (Å²) >= 11 is 0. The molecule has 0 aliphatic carbocycles. The van der Waals surface area contributed by atoms with Crippen molar-refractivity contribution in [2.75, 3.05) is 26.0 Å². The number of rotatable bonds is 7. The molecule has 2 aromatic rings. The van der Waals surface area contributed by atoms with Crippen LogP contribution in [0, 0.1) is 11.3 Å². The molecule has 5 heteroatoms. The Morgan fingerprint density at radius 3 is 2.64 bits per heavy atom. The zero-order valence-electron chi connectivity index (χ0n) is 14.8. The summed E-state index contributed by atoms with van der Waals surface area (Å²) in [5.74, 6) is 0.732. The monoisotopic (exact) mass is 337 g/mol. The predicted molar refractivity (Wildman–Crippen MR) is 98.4 cm³/mol. The van der Waals surface area contributed by atoms with Gasteiger partial charge in [-0.25, -0.2) is 0 Å². The second kappa shape index (κ2) is 8.86. The van der Waals surface area contributed by atoms with E-state index in [4.69, 9.17) is 10.00 Å². The number of para-hydroxylation sites is 2. The van der Waals surface area contributed by atoms with Crippen molar-refractivity contribution in [2.45, 2.75) is 19.4 Å². The Kier molecular flexibility index (Phi) is 6.55. The van der Waals surface area contributed by atoms with Gasteiger partial charge in [-0.3, -0.25) is 9.69 Å². The number of nitrogens with one attached hydrogen (secondary N) is 1. The Balaban J connectivity index is 1.94. The number of hydrogen-bond acceptors (Lipinski definition) is 4. The van der Waals surface area contributed by atoms with Crippen LogP contribution in [-0.4, -0.2) is 31.5 Å². The summed E-state index contributed by atoms with van der Waals surface area (Å²) in [7, 11) is 3.64. The van der Waals surface area contributed by atoms with Gasteiger partial charge in [-0.05, 0) is 32.2 Å². The van der Waals surface area contributed by atoms with Crippen LogP contribution in [0.1, 0.15) is 30.5 Å². The number of ether oxygens (including phenoxy) is 1. The van der Waals surface area contributed by atoms with Crippen molar-refractivity contribution < 1.29 is 9.53 Å². The fourth-order valence-corrected chi connectivity index (χ4v) is 2.62. The van der Waals surface area contributed by atoms with Crippen LogP contribution in [-0.2, 0) is 4.79 Å². The molecule has 0 bridgehead atoms. The molecule has 0 aliphatic rings. The van der Waals surface area contributed by atoms with Gasteiger partial charge >= 0.3 is 0 Å². The Hall–Kier alpha value is -2.84. The SMILES string of the molecule is COc1ccccc1C(C)N(C)CCC(=O)Nc1ccccc1C#N. The summed E-state index contributed by atoms with van der Waals surface area (Å²) in [6, 6.07) is 17.1. The Labute approximate surface area is 148 Å². The van der Waals surface area contributed by atoms with Gasteiger partial charge < -0.3 is 10.1 Å². The van der Waals surface area contributed by atoms with Crippen LogP contribution >= 0.6 is 0 Å². The van der Waals surface area contributed by atoms with E-state index in [0.29, 0.717) is 24.2 Å². The molecule has 1 N–H and O–H groups in total. The Morgan fingerprint density at radius 1 is 1.24 bits per heavy atom. The second-order valence-electron chi connectivity index (χ2n) is 5.85. The van der Waals surface area contributed by atoms with Crippen LogP contribution in [0.25, 0.3) is 0 Å². The molecular formula is C20H23N3O2. The van der Waals surface area contributed by atoms with Crippen molar-refractivity contribution in [1.29, 1.82) is 5.26 Å². The molecule has 0 fully saturated rings. The maximum Gasteiger partial charge on any atom is 0.225 e. The lowest BCUT2D eigenvalue weighted by Crippen LogP contribution is -2.27. The van der Waals surface area contributed by atoms with Crippen LogP contribution in [0.2, 0.25) is 0 Å². The van der Waals surface area contributed by atoms with Crippen LogP contribution in [0.3, 0.4) is 0 Å². The maximum atomic E-state index is 12.2. The van der Waals surface area contributed by atoms with Crippen molar-refractivity contribution in [2.24, 2.45) is 0 Å². The first-order chi connectivity index (χ1) is 12.1. The molecule has 2 rings (SSSR count). The summed E-state index contributed by atoms with van der Waals surface area (Å²) in [5, 5.41) is 11.9. The average Bonchev–Trinajstić information content (AvgIpc) is 2.65. The highest BCUT2D eigenvalue weighted by molar-refractivity contribution is 5.92. The Morgan fingerprint density at radius 2 is 1.92 bits per heavy atom. The van der Waals surface area contributed by atoms with Crippen molar-refractivity contribution in [3.05, 3.63) is 59.7 Å². The van der Waals surface area contributed by atoms with Gasteiger partial charge in [0.25, 0.3) is 0 Å². The van der Waals surface area contributed by atoms with Crippen LogP contribution in [0.5, 0.6) is 5.75 Å². The summed E-state index contributed by atoms with van der Waals surface area (Å²) in [5.41, 5.74) is 2.10. The zero-order valence-corrected chi connectivity index (χ0v) is 14.8. The fraction of sp³-hybridized carbons (Fsp3) is 0.300. The van der Waals surface area contributed by atoms with E-state index in [1.807, 2.05) is 31.3 Å². The molecule has 130 valence electrons. The van der Waals surface area contributed by atoms with Gasteiger partial charge in [0, 0.05) is 24.6 Å². The number of nitriles is 1. The zero-order chi connectivity index (χ0) is 18.2. The molecule has 0 heterocycles. The van der Waals surface area contributed by atoms with Crippen LogP contribution < -0.4 is 10.1 Å². The normalized spacial score (nSPS) is 11.6. The Bertz CT molecular complexity index is 768. The molecule has 1 unspecified atom stereocenters. The third kappa shape index (κ3) is 4.82. The number of benzene rings is 2. The van der Waals surface area contributed by atoms with Crippen molar-refractivity contribution in [1.82, 2.24) is 4.90 Å². The largest absolute Gasteiger partial charge is 0.496 e. The molecule has 0 aliphatic heterocycles. The highest BCUT2D eigenvalue weighted by Crippen LogP contribution is 2.28. The minimum Gasteiger partial charge on any atom is -0.496 e. The molecule has 0 aromatic heterocycles. The van der Waals surface area contributed by atoms with Crippen LogP contribution in [0.15, 0.2) is 48.5 Å². The molecule has 2 aromatic carbocycles. The van der Waals surface area contributed by atoms with E-state index in [9.17, 15) is 4.79 Å². The second-order valence-corrected chi connectivity index (χ2v) is 5.85. The lowest BCUT2D eigenvalue weighted by Gasteiger charge is -2.26. The highest BCUT2D eigenvalue weighted by Gasteiger charge is 2.16. The van der Waals surface area contributed by atoms with Crippen molar-refractivity contribution in [3.8, 4) is 11.8 Å². The molecule has 0 spiro atoms. The van der Waals surface area contributed by atoms with Gasteiger partial charge in [0.05, 0.1) is 18.4 Å². The first-order valence-corrected chi connectivity index (χ1v) is 8.19. The van der Waals surface area contributed by atoms with E-state index in [1.54, 1.807) is 31.4 Å². The third-order valence-electron chi connectivity index (χ3n) is 4.26. The number of amides is 1. The summed E-state index contributed by atoms with van der Waals surface area (Å²) in [6.45, 7) is 2.68. The summed E-state index contributed by atoms with van der Waals surface area (Å²) < 4.78 is 5.41. The number of nitrogens with zero attached hydrogens (tertiary/aromatic N) is 2. The standard InChI is InChI=1S/C20H23N3O2/c1-15(17-9-5-7-11-19(17)25-3)23(2)13-12-20(24)22-18-10-6-4-8-16(18)14-21/h4-11,15H,12-13H2,1-3H3,(H,22,24). The number of anilines is 1. The van der Waals surface area contributed by atoms with E-state index in [1.165, 1.54) is 0 Å². The van der Waals surface area contributed by atoms with Gasteiger partial charge in [0.15, 0.2) is 0 Å². The van der Waals surface area contributed by atoms with Crippen LogP contribution in [0.4, 0.5) is 5.69 Å². The van der Waals surface area contributed by atoms with Gasteiger partial charge in [-0.2, -0.15) is 5.26 Å². The van der Waals surface area contributed by atoms with E-state index >= 15 is 0 Å². The molecule has 0 saturated carbocycles. The minimum atomic E-state index is -0.109. The van der Waals surface area contributed by atoms with Gasteiger partial charge in [0.1, 0.15) is 11.8 Å². The minimum absolute atomic E-state index is 0.109. The topological polar surface area (TPSA) is 65.4 Å². The van der Waals surface area contributed by atoms with E-state index < -0.39 is 0 Å². The lowest BCUT2D eigenvalue weighted by molar-refractivity contribution is -0.116. The molecule has 0 saturated heterocycles. The lowest BCUT2D eigenvalue weighted by atomic mass is 10.1. The highest BCUT2D eigenvalue weighted by atomic mass is 16.5. The van der Waals surface area contributed by atoms with Gasteiger partial charge in [-0.15, -0.1) is 0 Å². The smallest absolute Gasteiger partial charge is 0.225 e. The molecule has 1 atom stereocenters. The fourth-order valence-electron chi connectivity index (χ4n) is 2.62. The number of carbonyl (C=O) groups excluding carboxylic acids is 1. The van der Waals surface area contributed by atoms with Crippen molar-refractivity contribution in [3.63, 3.8) is 0 Å². The molecule has 5 nitrogen and oxygen atoms in total. The maximum absolute atomic E-state index is 12.2. The quantitative estimate of drug-likeness (QED) is 0.838. The predicted octanol–water partition coefficient (Wildman–Crippen LogP) is 3.59. The summed E-state index contributed by atoms with van der Waals surface area (Å²) in [4.78, 5) is 14.3. The molecule has 0 radical (unpaired) electrons. The number of hydrogen-bond donors (Lipinski definition) is 1. The van der Waals surface area contributed by atoms with Gasteiger partial charge in [0.2, 0.25) is 5.91 Å². The van der Waals surface area contributed by atoms with E-state index in [2.05, 4.69) is 23.2 Å². The van der Waals surface area contributed by atoms with Gasteiger partial charge in [-0.1, -0.05) is 30.3 Å². The first-order valence-electron chi connectivity index (χ1n) is 8.19. The first kappa shape index (κ1) is 18.5. The molecule has 1 amide bonds. The third-order valence-corrected chi connectivity index (χ3v) is 4.26. The number of methoxy groups -OCH3 is 1. The average molecular weight is 337 g/mol. The summed E-state index contributed by atoms with van der Waals surface area (Å²) in [6.07, 6.45) is 0.343. The molecule has 25 heavy (non-hydrogen) atoms. The van der Waals surface area contributed by atoms with Crippen molar-refractivity contribution >= 4 is 11.6 Å². The molecular weight excluding hydrogens is 314 g/mol. The number of carbonyl (C=O) groups is 1. The van der Waals surface area contributed by atoms with E-state index in [0.717, 1.165) is 11.3 Å².